The molecule has 1 aliphatic carbocycles. The van der Waals surface area contributed by atoms with Crippen molar-refractivity contribution in [1.82, 2.24) is 9.88 Å². The van der Waals surface area contributed by atoms with Gasteiger partial charge in [0.25, 0.3) is 5.91 Å². The number of aromatic nitrogens is 1. The summed E-state index contributed by atoms with van der Waals surface area (Å²) >= 11 is 0. The number of nitrogens with one attached hydrogen (secondary N) is 1. The van der Waals surface area contributed by atoms with Crippen LogP contribution in [0.3, 0.4) is 0 Å². The Labute approximate surface area is 114 Å². The highest BCUT2D eigenvalue weighted by Gasteiger charge is 2.38. The Bertz CT molecular complexity index is 445. The van der Waals surface area contributed by atoms with Gasteiger partial charge in [0, 0.05) is 19.6 Å². The Morgan fingerprint density at radius 1 is 1.37 bits per heavy atom. The molecule has 19 heavy (non-hydrogen) atoms. The summed E-state index contributed by atoms with van der Waals surface area (Å²) in [4.78, 5) is 18.7. The number of carbonyl (C=O) groups is 1. The predicted molar refractivity (Wildman–Crippen MR) is 75.1 cm³/mol. The minimum absolute atomic E-state index is 0.0949. The van der Waals surface area contributed by atoms with Crippen molar-refractivity contribution in [1.29, 1.82) is 0 Å². The van der Waals surface area contributed by atoms with Gasteiger partial charge in [0.15, 0.2) is 0 Å². The van der Waals surface area contributed by atoms with Crippen LogP contribution >= 0.6 is 0 Å². The lowest BCUT2D eigenvalue weighted by molar-refractivity contribution is 0.0775. The molecule has 2 aliphatic rings. The third kappa shape index (κ3) is 2.44. The number of nitrogens with zero attached hydrogens (tertiary/aromatic N) is 2. The second-order valence-corrected chi connectivity index (χ2v) is 5.62. The van der Waals surface area contributed by atoms with E-state index in [1.54, 1.807) is 6.20 Å². The van der Waals surface area contributed by atoms with Crippen molar-refractivity contribution in [2.75, 3.05) is 25.0 Å². The Morgan fingerprint density at radius 3 is 2.68 bits per heavy atom. The van der Waals surface area contributed by atoms with Gasteiger partial charge < -0.3 is 10.2 Å². The van der Waals surface area contributed by atoms with E-state index in [0.717, 1.165) is 37.2 Å². The van der Waals surface area contributed by atoms with E-state index in [0.29, 0.717) is 5.69 Å². The van der Waals surface area contributed by atoms with Crippen LogP contribution in [0.1, 0.15) is 36.7 Å². The molecule has 3 rings (SSSR count). The molecule has 0 radical (unpaired) electrons. The number of hydrogen-bond acceptors (Lipinski definition) is 3. The number of likely N-dealkylation sites (tertiary alicyclic amines) is 1. The van der Waals surface area contributed by atoms with Crippen LogP contribution in [0, 0.1) is 11.8 Å². The van der Waals surface area contributed by atoms with Crippen LogP contribution in [0.4, 0.5) is 5.69 Å². The van der Waals surface area contributed by atoms with E-state index >= 15 is 0 Å². The number of hydrogen-bond donors (Lipinski definition) is 1. The largest absolute Gasteiger partial charge is 0.384 e. The summed E-state index contributed by atoms with van der Waals surface area (Å²) in [5.41, 5.74) is 1.54. The molecule has 2 heterocycles. The number of fused-ring (bicyclic) bond motifs is 1. The molecule has 1 aromatic heterocycles. The normalized spacial score (nSPS) is 25.4. The summed E-state index contributed by atoms with van der Waals surface area (Å²) in [7, 11) is 0. The minimum Gasteiger partial charge on any atom is -0.384 e. The molecule has 1 N–H and O–H groups in total. The van der Waals surface area contributed by atoms with Crippen molar-refractivity contribution >= 4 is 11.6 Å². The first-order valence-electron chi connectivity index (χ1n) is 7.27. The maximum absolute atomic E-state index is 12.4. The van der Waals surface area contributed by atoms with Crippen molar-refractivity contribution in [2.45, 2.75) is 26.2 Å². The highest BCUT2D eigenvalue weighted by molar-refractivity contribution is 5.92. The van der Waals surface area contributed by atoms with E-state index in [2.05, 4.69) is 10.3 Å². The SMILES string of the molecule is CCNc1ccc(C(=O)N2CC3CCCC3C2)nc1. The van der Waals surface area contributed by atoms with E-state index in [4.69, 9.17) is 0 Å². The number of anilines is 1. The average molecular weight is 259 g/mol. The van der Waals surface area contributed by atoms with Crippen LogP contribution in [0.2, 0.25) is 0 Å². The van der Waals surface area contributed by atoms with E-state index in [1.165, 1.54) is 19.3 Å². The topological polar surface area (TPSA) is 45.2 Å². The zero-order chi connectivity index (χ0) is 13.2. The van der Waals surface area contributed by atoms with Gasteiger partial charge in [-0.05, 0) is 43.7 Å². The molecule has 0 bridgehead atoms. The number of carbonyl (C=O) groups excluding carboxylic acids is 1. The molecule has 4 nitrogen and oxygen atoms in total. The number of pyridine rings is 1. The third-order valence-corrected chi connectivity index (χ3v) is 4.38. The van der Waals surface area contributed by atoms with Gasteiger partial charge in [-0.2, -0.15) is 0 Å². The Kier molecular flexibility index (Phi) is 3.40. The average Bonchev–Trinajstić information content (AvgIpc) is 3.00. The molecule has 0 spiro atoms. The molecule has 1 saturated heterocycles. The van der Waals surface area contributed by atoms with Crippen LogP contribution in [-0.4, -0.2) is 35.4 Å². The summed E-state index contributed by atoms with van der Waals surface area (Å²) in [6.45, 7) is 4.77. The molecule has 0 aromatic carbocycles. The Balaban J connectivity index is 1.67. The Morgan fingerprint density at radius 2 is 2.11 bits per heavy atom. The van der Waals surface area contributed by atoms with E-state index < -0.39 is 0 Å². The van der Waals surface area contributed by atoms with Gasteiger partial charge in [-0.1, -0.05) is 6.42 Å². The summed E-state index contributed by atoms with van der Waals surface area (Å²) < 4.78 is 0. The first-order valence-corrected chi connectivity index (χ1v) is 7.27. The van der Waals surface area contributed by atoms with Crippen LogP contribution in [0.25, 0.3) is 0 Å². The summed E-state index contributed by atoms with van der Waals surface area (Å²) in [6.07, 6.45) is 5.67. The summed E-state index contributed by atoms with van der Waals surface area (Å²) in [5.74, 6) is 1.58. The van der Waals surface area contributed by atoms with E-state index in [9.17, 15) is 4.79 Å². The fourth-order valence-corrected chi connectivity index (χ4v) is 3.39. The zero-order valence-electron chi connectivity index (χ0n) is 11.4. The van der Waals surface area contributed by atoms with Gasteiger partial charge in [-0.3, -0.25) is 4.79 Å². The van der Waals surface area contributed by atoms with Gasteiger partial charge in [-0.25, -0.2) is 4.98 Å². The molecular formula is C15H21N3O. The zero-order valence-corrected chi connectivity index (χ0v) is 11.4. The van der Waals surface area contributed by atoms with Crippen molar-refractivity contribution in [3.8, 4) is 0 Å². The highest BCUT2D eigenvalue weighted by atomic mass is 16.2. The van der Waals surface area contributed by atoms with Crippen molar-refractivity contribution in [3.63, 3.8) is 0 Å². The van der Waals surface area contributed by atoms with E-state index in [-0.39, 0.29) is 5.91 Å². The molecule has 102 valence electrons. The second-order valence-electron chi connectivity index (χ2n) is 5.62. The molecule has 1 aromatic rings. The second kappa shape index (κ2) is 5.19. The first kappa shape index (κ1) is 12.5. The monoisotopic (exact) mass is 259 g/mol. The Hall–Kier alpha value is -1.58. The molecule has 1 amide bonds. The summed E-state index contributed by atoms with van der Waals surface area (Å²) in [5, 5.41) is 3.19. The maximum atomic E-state index is 12.4. The van der Waals surface area contributed by atoms with Gasteiger partial charge in [0.05, 0.1) is 11.9 Å². The van der Waals surface area contributed by atoms with Gasteiger partial charge in [0.1, 0.15) is 5.69 Å². The molecule has 1 saturated carbocycles. The fourth-order valence-electron chi connectivity index (χ4n) is 3.39. The third-order valence-electron chi connectivity index (χ3n) is 4.38. The molecule has 2 atom stereocenters. The maximum Gasteiger partial charge on any atom is 0.272 e. The highest BCUT2D eigenvalue weighted by Crippen LogP contribution is 2.38. The number of amides is 1. The van der Waals surface area contributed by atoms with Crippen LogP contribution in [-0.2, 0) is 0 Å². The lowest BCUT2D eigenvalue weighted by atomic mass is 10.0. The smallest absolute Gasteiger partial charge is 0.272 e. The fraction of sp³-hybridized carbons (Fsp3) is 0.600. The molecule has 2 fully saturated rings. The van der Waals surface area contributed by atoms with Gasteiger partial charge in [0.2, 0.25) is 0 Å². The van der Waals surface area contributed by atoms with Gasteiger partial charge >= 0.3 is 0 Å². The first-order chi connectivity index (χ1) is 9.28. The quantitative estimate of drug-likeness (QED) is 0.906. The number of rotatable bonds is 3. The molecule has 2 unspecified atom stereocenters. The standard InChI is InChI=1S/C15H21N3O/c1-2-16-13-6-7-14(17-8-13)15(19)18-9-11-4-3-5-12(11)10-18/h6-8,11-12,16H,2-5,9-10H2,1H3. The molecule has 4 heteroatoms. The predicted octanol–water partition coefficient (Wildman–Crippen LogP) is 2.39. The van der Waals surface area contributed by atoms with Crippen molar-refractivity contribution in [2.24, 2.45) is 11.8 Å². The lowest BCUT2D eigenvalue weighted by Gasteiger charge is -2.16. The molecule has 1 aliphatic heterocycles. The minimum atomic E-state index is 0.0949. The van der Waals surface area contributed by atoms with Crippen LogP contribution in [0.5, 0.6) is 0 Å². The van der Waals surface area contributed by atoms with Gasteiger partial charge in [-0.15, -0.1) is 0 Å². The molecular weight excluding hydrogens is 238 g/mol. The van der Waals surface area contributed by atoms with E-state index in [1.807, 2.05) is 24.0 Å². The summed E-state index contributed by atoms with van der Waals surface area (Å²) in [6, 6.07) is 3.76. The van der Waals surface area contributed by atoms with Crippen LogP contribution in [0.15, 0.2) is 18.3 Å². The van der Waals surface area contributed by atoms with Crippen LogP contribution < -0.4 is 5.32 Å². The van der Waals surface area contributed by atoms with Crippen molar-refractivity contribution in [3.05, 3.63) is 24.0 Å². The lowest BCUT2D eigenvalue weighted by Crippen LogP contribution is -2.30. The van der Waals surface area contributed by atoms with Crippen molar-refractivity contribution < 1.29 is 4.79 Å².